The molecule has 0 aliphatic carbocycles. The van der Waals surface area contributed by atoms with Crippen LogP contribution >= 0.6 is 11.8 Å². The Hall–Kier alpha value is -1.80. The Morgan fingerprint density at radius 2 is 2.33 bits per heavy atom. The normalized spacial score (nSPS) is 10.8. The molecular formula is C13H17N3O4S. The molecule has 8 heteroatoms. The molecule has 0 amide bonds. The van der Waals surface area contributed by atoms with Gasteiger partial charge >= 0.3 is 5.97 Å². The number of hydrogen-bond acceptors (Lipinski definition) is 7. The lowest BCUT2D eigenvalue weighted by Gasteiger charge is -2.05. The molecule has 21 heavy (non-hydrogen) atoms. The second-order valence-corrected chi connectivity index (χ2v) is 5.13. The monoisotopic (exact) mass is 311 g/mol. The predicted octanol–water partition coefficient (Wildman–Crippen LogP) is 1.99. The number of thioether (sulfide) groups is 1. The smallest absolute Gasteiger partial charge is 0.341 e. The molecule has 0 radical (unpaired) electrons. The number of carbonyl (C=O) groups is 1. The van der Waals surface area contributed by atoms with Crippen molar-refractivity contribution in [2.24, 2.45) is 0 Å². The van der Waals surface area contributed by atoms with Gasteiger partial charge in [-0.3, -0.25) is 0 Å². The van der Waals surface area contributed by atoms with E-state index in [-0.39, 0.29) is 0 Å². The summed E-state index contributed by atoms with van der Waals surface area (Å²) >= 11 is 1.46. The zero-order valence-electron chi connectivity index (χ0n) is 11.9. The predicted molar refractivity (Wildman–Crippen MR) is 76.1 cm³/mol. The molecule has 2 aromatic heterocycles. The van der Waals surface area contributed by atoms with Gasteiger partial charge in [0.25, 0.3) is 0 Å². The number of hydrogen-bond donors (Lipinski definition) is 0. The second kappa shape index (κ2) is 7.84. The lowest BCUT2D eigenvalue weighted by molar-refractivity contribution is 0.0598. The molecule has 0 N–H and O–H groups in total. The summed E-state index contributed by atoms with van der Waals surface area (Å²) in [6, 6.07) is 1.60. The summed E-state index contributed by atoms with van der Waals surface area (Å²) in [5, 5.41) is 8.75. The summed E-state index contributed by atoms with van der Waals surface area (Å²) in [5.74, 6) is 0.652. The number of aromatic nitrogens is 3. The molecule has 114 valence electrons. The van der Waals surface area contributed by atoms with Crippen molar-refractivity contribution in [3.05, 3.63) is 30.0 Å². The van der Waals surface area contributed by atoms with E-state index in [1.54, 1.807) is 19.5 Å². The number of rotatable bonds is 8. The molecule has 2 aromatic rings. The Bertz CT molecular complexity index is 581. The van der Waals surface area contributed by atoms with Crippen molar-refractivity contribution >= 4 is 17.7 Å². The average molecular weight is 311 g/mol. The zero-order chi connectivity index (χ0) is 15.1. The Balaban J connectivity index is 1.96. The summed E-state index contributed by atoms with van der Waals surface area (Å²) in [4.78, 5) is 11.6. The van der Waals surface area contributed by atoms with Crippen LogP contribution in [-0.4, -0.2) is 41.6 Å². The lowest BCUT2D eigenvalue weighted by Crippen LogP contribution is -2.04. The van der Waals surface area contributed by atoms with E-state index in [4.69, 9.17) is 13.9 Å². The van der Waals surface area contributed by atoms with E-state index < -0.39 is 5.97 Å². The van der Waals surface area contributed by atoms with Crippen LogP contribution in [0.25, 0.3) is 0 Å². The van der Waals surface area contributed by atoms with E-state index in [0.717, 1.165) is 18.1 Å². The summed E-state index contributed by atoms with van der Waals surface area (Å²) in [7, 11) is 3.02. The quantitative estimate of drug-likeness (QED) is 0.419. The second-order valence-electron chi connectivity index (χ2n) is 4.19. The maximum absolute atomic E-state index is 11.6. The van der Waals surface area contributed by atoms with E-state index in [9.17, 15) is 4.79 Å². The van der Waals surface area contributed by atoms with Crippen LogP contribution < -0.4 is 0 Å². The SMILES string of the molecule is COCCCn1cnnc1SCc1occc1C(=O)OC. The van der Waals surface area contributed by atoms with Gasteiger partial charge < -0.3 is 18.5 Å². The molecule has 0 fully saturated rings. The van der Waals surface area contributed by atoms with Crippen molar-refractivity contribution in [2.45, 2.75) is 23.9 Å². The number of furan rings is 1. The fourth-order valence-electron chi connectivity index (χ4n) is 1.76. The largest absolute Gasteiger partial charge is 0.468 e. The fourth-order valence-corrected chi connectivity index (χ4v) is 2.66. The molecule has 0 spiro atoms. The van der Waals surface area contributed by atoms with E-state index >= 15 is 0 Å². The van der Waals surface area contributed by atoms with Gasteiger partial charge in [0, 0.05) is 20.3 Å². The van der Waals surface area contributed by atoms with Gasteiger partial charge in [0.2, 0.25) is 0 Å². The van der Waals surface area contributed by atoms with Crippen LogP contribution in [0.1, 0.15) is 22.5 Å². The standard InChI is InChI=1S/C13H17N3O4S/c1-18-6-3-5-16-9-14-15-13(16)21-8-11-10(4-7-20-11)12(17)19-2/h4,7,9H,3,5-6,8H2,1-2H3. The van der Waals surface area contributed by atoms with Gasteiger partial charge in [-0.2, -0.15) is 0 Å². The van der Waals surface area contributed by atoms with Gasteiger partial charge in [-0.1, -0.05) is 11.8 Å². The maximum atomic E-state index is 11.6. The van der Waals surface area contributed by atoms with E-state index in [0.29, 0.717) is 23.7 Å². The van der Waals surface area contributed by atoms with Gasteiger partial charge in [0.1, 0.15) is 17.7 Å². The highest BCUT2D eigenvalue weighted by Gasteiger charge is 2.16. The number of ether oxygens (including phenoxy) is 2. The minimum absolute atomic E-state index is 0.402. The highest BCUT2D eigenvalue weighted by molar-refractivity contribution is 7.98. The minimum Gasteiger partial charge on any atom is -0.468 e. The first-order valence-corrected chi connectivity index (χ1v) is 7.39. The van der Waals surface area contributed by atoms with Crippen molar-refractivity contribution in [2.75, 3.05) is 20.8 Å². The number of nitrogens with zero attached hydrogens (tertiary/aromatic N) is 3. The van der Waals surface area contributed by atoms with Gasteiger partial charge in [0.15, 0.2) is 5.16 Å². The number of aryl methyl sites for hydroxylation is 1. The Morgan fingerprint density at radius 3 is 3.10 bits per heavy atom. The molecule has 7 nitrogen and oxygen atoms in total. The number of esters is 1. The van der Waals surface area contributed by atoms with Crippen LogP contribution in [0.15, 0.2) is 28.2 Å². The Kier molecular flexibility index (Phi) is 5.82. The maximum Gasteiger partial charge on any atom is 0.341 e. The molecule has 0 aromatic carbocycles. The molecule has 0 atom stereocenters. The van der Waals surface area contributed by atoms with Crippen LogP contribution in [0.5, 0.6) is 0 Å². The topological polar surface area (TPSA) is 79.4 Å². The summed E-state index contributed by atoms with van der Waals surface area (Å²) in [6.45, 7) is 1.47. The molecule has 0 saturated heterocycles. The molecule has 0 unspecified atom stereocenters. The van der Waals surface area contributed by atoms with Crippen molar-refractivity contribution < 1.29 is 18.7 Å². The molecule has 0 bridgehead atoms. The molecule has 2 heterocycles. The first kappa shape index (κ1) is 15.6. The lowest BCUT2D eigenvalue weighted by atomic mass is 10.3. The van der Waals surface area contributed by atoms with Gasteiger partial charge in [-0.25, -0.2) is 4.79 Å². The van der Waals surface area contributed by atoms with Crippen molar-refractivity contribution in [3.63, 3.8) is 0 Å². The van der Waals surface area contributed by atoms with Crippen molar-refractivity contribution in [3.8, 4) is 0 Å². The average Bonchev–Trinajstić information content (AvgIpc) is 3.13. The molecule has 2 rings (SSSR count). The highest BCUT2D eigenvalue weighted by Crippen LogP contribution is 2.24. The van der Waals surface area contributed by atoms with Crippen LogP contribution in [0.2, 0.25) is 0 Å². The summed E-state index contributed by atoms with van der Waals surface area (Å²) < 4.78 is 17.0. The third-order valence-electron chi connectivity index (χ3n) is 2.81. The van der Waals surface area contributed by atoms with Crippen molar-refractivity contribution in [1.29, 1.82) is 0 Å². The van der Waals surface area contributed by atoms with Crippen LogP contribution in [-0.2, 0) is 21.8 Å². The Morgan fingerprint density at radius 1 is 1.48 bits per heavy atom. The number of carbonyl (C=O) groups excluding carboxylic acids is 1. The van der Waals surface area contributed by atoms with E-state index in [2.05, 4.69) is 10.2 Å². The summed E-state index contributed by atoms with van der Waals surface area (Å²) in [6.07, 6.45) is 4.04. The highest BCUT2D eigenvalue weighted by atomic mass is 32.2. The Labute approximate surface area is 126 Å². The fraction of sp³-hybridized carbons (Fsp3) is 0.462. The zero-order valence-corrected chi connectivity index (χ0v) is 12.8. The molecular weight excluding hydrogens is 294 g/mol. The van der Waals surface area contributed by atoms with Crippen molar-refractivity contribution in [1.82, 2.24) is 14.8 Å². The molecule has 0 saturated carbocycles. The van der Waals surface area contributed by atoms with Crippen LogP contribution in [0, 0.1) is 0 Å². The summed E-state index contributed by atoms with van der Waals surface area (Å²) in [5.41, 5.74) is 0.440. The molecule has 0 aliphatic rings. The third kappa shape index (κ3) is 4.08. The van der Waals surface area contributed by atoms with Gasteiger partial charge in [0.05, 0.1) is 19.1 Å². The molecule has 0 aliphatic heterocycles. The van der Waals surface area contributed by atoms with Gasteiger partial charge in [-0.15, -0.1) is 10.2 Å². The van der Waals surface area contributed by atoms with Crippen LogP contribution in [0.4, 0.5) is 0 Å². The number of methoxy groups -OCH3 is 2. The van der Waals surface area contributed by atoms with E-state index in [1.165, 1.54) is 25.1 Å². The third-order valence-corrected chi connectivity index (χ3v) is 3.79. The van der Waals surface area contributed by atoms with Gasteiger partial charge in [-0.05, 0) is 12.5 Å². The van der Waals surface area contributed by atoms with Crippen LogP contribution in [0.3, 0.4) is 0 Å². The first-order chi connectivity index (χ1) is 10.3. The minimum atomic E-state index is -0.402. The van der Waals surface area contributed by atoms with E-state index in [1.807, 2.05) is 4.57 Å². The first-order valence-electron chi connectivity index (χ1n) is 6.40.